The van der Waals surface area contributed by atoms with Gasteiger partial charge < -0.3 is 10.1 Å². The van der Waals surface area contributed by atoms with Crippen LogP contribution in [-0.2, 0) is 29.1 Å². The maximum absolute atomic E-state index is 12.4. The molecule has 0 saturated heterocycles. The van der Waals surface area contributed by atoms with Gasteiger partial charge in [-0.3, -0.25) is 9.48 Å². The fourth-order valence-corrected chi connectivity index (χ4v) is 3.07. The maximum Gasteiger partial charge on any atom is 0.227 e. The Hall–Kier alpha value is -2.14. The van der Waals surface area contributed by atoms with Gasteiger partial charge in [0, 0.05) is 24.2 Å². The normalized spacial score (nSPS) is 15.0. The van der Waals surface area contributed by atoms with Crippen LogP contribution in [0, 0.1) is 0 Å². The van der Waals surface area contributed by atoms with Crippen LogP contribution < -0.4 is 5.32 Å². The highest BCUT2D eigenvalue weighted by Crippen LogP contribution is 2.19. The highest BCUT2D eigenvalue weighted by Gasteiger charge is 2.19. The predicted molar refractivity (Wildman–Crippen MR) is 88.1 cm³/mol. The number of benzene rings is 1. The molecule has 2 aromatic rings. The van der Waals surface area contributed by atoms with E-state index in [-0.39, 0.29) is 11.8 Å². The van der Waals surface area contributed by atoms with Crippen molar-refractivity contribution >= 4 is 5.91 Å². The number of carbonyl (C=O) groups is 1. The summed E-state index contributed by atoms with van der Waals surface area (Å²) in [6.45, 7) is 4.73. The lowest BCUT2D eigenvalue weighted by Crippen LogP contribution is -2.32. The molecule has 1 aliphatic rings. The second-order valence-corrected chi connectivity index (χ2v) is 5.80. The lowest BCUT2D eigenvalue weighted by Gasteiger charge is -2.17. The molecule has 1 unspecified atom stereocenters. The van der Waals surface area contributed by atoms with Gasteiger partial charge in [0.15, 0.2) is 0 Å². The van der Waals surface area contributed by atoms with Crippen LogP contribution in [0.5, 0.6) is 0 Å². The molecule has 0 fully saturated rings. The molecule has 1 amide bonds. The molecule has 2 heterocycles. The van der Waals surface area contributed by atoms with Gasteiger partial charge in [0.25, 0.3) is 0 Å². The summed E-state index contributed by atoms with van der Waals surface area (Å²) in [4.78, 5) is 12.4. The van der Waals surface area contributed by atoms with Gasteiger partial charge in [-0.25, -0.2) is 0 Å². The Balaban J connectivity index is 1.56. The van der Waals surface area contributed by atoms with E-state index in [1.165, 1.54) is 11.3 Å². The van der Waals surface area contributed by atoms with Crippen molar-refractivity contribution in [3.63, 3.8) is 0 Å². The van der Waals surface area contributed by atoms with Crippen LogP contribution in [0.15, 0.2) is 36.5 Å². The van der Waals surface area contributed by atoms with Crippen LogP contribution >= 0.6 is 0 Å². The second kappa shape index (κ2) is 7.42. The Bertz CT molecular complexity index is 652. The largest absolute Gasteiger partial charge is 0.376 e. The summed E-state index contributed by atoms with van der Waals surface area (Å²) in [6.07, 6.45) is 3.56. The van der Waals surface area contributed by atoms with E-state index in [9.17, 15) is 4.79 Å². The van der Waals surface area contributed by atoms with Gasteiger partial charge in [-0.1, -0.05) is 37.3 Å². The molecule has 1 N–H and O–H groups in total. The molecule has 1 aromatic carbocycles. The average molecular weight is 313 g/mol. The number of aromatic nitrogens is 2. The first-order valence-corrected chi connectivity index (χ1v) is 8.23. The molecule has 5 heteroatoms. The molecule has 0 spiro atoms. The van der Waals surface area contributed by atoms with Gasteiger partial charge in [-0.05, 0) is 12.0 Å². The van der Waals surface area contributed by atoms with E-state index in [2.05, 4.69) is 10.4 Å². The van der Waals surface area contributed by atoms with Crippen LogP contribution in [0.1, 0.15) is 36.1 Å². The summed E-state index contributed by atoms with van der Waals surface area (Å²) in [5.41, 5.74) is 3.47. The van der Waals surface area contributed by atoms with Crippen LogP contribution in [0.4, 0.5) is 0 Å². The third-order valence-corrected chi connectivity index (χ3v) is 4.33. The molecule has 0 aliphatic carbocycles. The van der Waals surface area contributed by atoms with E-state index in [4.69, 9.17) is 4.74 Å². The van der Waals surface area contributed by atoms with Crippen molar-refractivity contribution in [2.75, 3.05) is 13.2 Å². The quantitative estimate of drug-likeness (QED) is 0.890. The molecule has 5 nitrogen and oxygen atoms in total. The summed E-state index contributed by atoms with van der Waals surface area (Å²) in [5, 5.41) is 7.45. The van der Waals surface area contributed by atoms with Crippen molar-refractivity contribution < 1.29 is 9.53 Å². The summed E-state index contributed by atoms with van der Waals surface area (Å²) >= 11 is 0. The van der Waals surface area contributed by atoms with E-state index in [1.54, 1.807) is 0 Å². The number of fused-ring (bicyclic) bond motifs is 1. The van der Waals surface area contributed by atoms with Crippen molar-refractivity contribution in [1.82, 2.24) is 15.1 Å². The predicted octanol–water partition coefficient (Wildman–Crippen LogP) is 2.27. The Morgan fingerprint density at radius 1 is 1.39 bits per heavy atom. The van der Waals surface area contributed by atoms with E-state index in [1.807, 2.05) is 48.1 Å². The van der Waals surface area contributed by atoms with Gasteiger partial charge in [0.05, 0.1) is 31.9 Å². The molecule has 0 bridgehead atoms. The van der Waals surface area contributed by atoms with Gasteiger partial charge >= 0.3 is 0 Å². The minimum atomic E-state index is -0.0869. The summed E-state index contributed by atoms with van der Waals surface area (Å²) in [7, 11) is 0. The van der Waals surface area contributed by atoms with E-state index in [0.29, 0.717) is 19.7 Å². The van der Waals surface area contributed by atoms with Gasteiger partial charge in [0.1, 0.15) is 0 Å². The van der Waals surface area contributed by atoms with Crippen LogP contribution in [-0.4, -0.2) is 28.8 Å². The number of carbonyl (C=O) groups excluding carboxylic acids is 1. The highest BCUT2D eigenvalue weighted by molar-refractivity contribution is 5.83. The molecule has 3 rings (SSSR count). The number of hydrogen-bond donors (Lipinski definition) is 1. The maximum atomic E-state index is 12.4. The average Bonchev–Trinajstić information content (AvgIpc) is 3.00. The lowest BCUT2D eigenvalue weighted by molar-refractivity contribution is -0.122. The van der Waals surface area contributed by atoms with Gasteiger partial charge in [-0.2, -0.15) is 5.10 Å². The molecular formula is C18H23N3O2. The van der Waals surface area contributed by atoms with Crippen molar-refractivity contribution in [3.8, 4) is 0 Å². The van der Waals surface area contributed by atoms with E-state index >= 15 is 0 Å². The zero-order chi connectivity index (χ0) is 16.1. The minimum absolute atomic E-state index is 0.0862. The SMILES string of the molecule is CCC(C(=O)NCCn1ncc2c1CCOC2)c1ccccc1. The van der Waals surface area contributed by atoms with Crippen molar-refractivity contribution in [3.05, 3.63) is 53.3 Å². The first-order chi connectivity index (χ1) is 11.3. The fraction of sp³-hybridized carbons (Fsp3) is 0.444. The van der Waals surface area contributed by atoms with Gasteiger partial charge in [0.2, 0.25) is 5.91 Å². The van der Waals surface area contributed by atoms with Crippen molar-refractivity contribution in [2.24, 2.45) is 0 Å². The van der Waals surface area contributed by atoms with Gasteiger partial charge in [-0.15, -0.1) is 0 Å². The number of ether oxygens (including phenoxy) is 1. The van der Waals surface area contributed by atoms with Crippen LogP contribution in [0.25, 0.3) is 0 Å². The molecule has 122 valence electrons. The third-order valence-electron chi connectivity index (χ3n) is 4.33. The highest BCUT2D eigenvalue weighted by atomic mass is 16.5. The molecule has 23 heavy (non-hydrogen) atoms. The molecular weight excluding hydrogens is 290 g/mol. The van der Waals surface area contributed by atoms with Crippen molar-refractivity contribution in [2.45, 2.75) is 38.8 Å². The minimum Gasteiger partial charge on any atom is -0.376 e. The topological polar surface area (TPSA) is 56.2 Å². The summed E-state index contributed by atoms with van der Waals surface area (Å²) in [5.74, 6) is -0.000747. The van der Waals surface area contributed by atoms with E-state index < -0.39 is 0 Å². The number of amides is 1. The second-order valence-electron chi connectivity index (χ2n) is 5.80. The Labute approximate surface area is 136 Å². The monoisotopic (exact) mass is 313 g/mol. The number of hydrogen-bond acceptors (Lipinski definition) is 3. The number of rotatable bonds is 6. The van der Waals surface area contributed by atoms with E-state index in [0.717, 1.165) is 25.0 Å². The standard InChI is InChI=1S/C18H23N3O2/c1-2-16(14-6-4-3-5-7-14)18(22)19-9-10-21-17-8-11-23-13-15(17)12-20-21/h3-7,12,16H,2,8-11,13H2,1H3,(H,19,22). The zero-order valence-corrected chi connectivity index (χ0v) is 13.5. The summed E-state index contributed by atoms with van der Waals surface area (Å²) < 4.78 is 7.41. The molecule has 0 saturated carbocycles. The zero-order valence-electron chi connectivity index (χ0n) is 13.5. The molecule has 0 radical (unpaired) electrons. The van der Waals surface area contributed by atoms with Crippen LogP contribution in [0.3, 0.4) is 0 Å². The van der Waals surface area contributed by atoms with Crippen LogP contribution in [0.2, 0.25) is 0 Å². The molecule has 1 aliphatic heterocycles. The Morgan fingerprint density at radius 3 is 3.00 bits per heavy atom. The first-order valence-electron chi connectivity index (χ1n) is 8.23. The fourth-order valence-electron chi connectivity index (χ4n) is 3.07. The molecule has 1 aromatic heterocycles. The first kappa shape index (κ1) is 15.7. The molecule has 1 atom stereocenters. The smallest absolute Gasteiger partial charge is 0.227 e. The lowest BCUT2D eigenvalue weighted by atomic mass is 9.96. The Morgan fingerprint density at radius 2 is 2.22 bits per heavy atom. The third kappa shape index (κ3) is 3.62. The van der Waals surface area contributed by atoms with Crippen molar-refractivity contribution in [1.29, 1.82) is 0 Å². The summed E-state index contributed by atoms with van der Waals surface area (Å²) in [6, 6.07) is 9.95. The number of nitrogens with one attached hydrogen (secondary N) is 1. The number of nitrogens with zero attached hydrogens (tertiary/aromatic N) is 2. The Kier molecular flexibility index (Phi) is 5.08.